The maximum atomic E-state index is 11.6. The van der Waals surface area contributed by atoms with Gasteiger partial charge in [-0.05, 0) is 32.1 Å². The number of carbonyl (C=O) groups is 1. The molecule has 3 nitrogen and oxygen atoms in total. The molecule has 0 saturated carbocycles. The monoisotopic (exact) mass is 255 g/mol. The number of nitrogens with one attached hydrogen (secondary N) is 1. The molecule has 0 saturated heterocycles. The Morgan fingerprint density at radius 1 is 1.35 bits per heavy atom. The van der Waals surface area contributed by atoms with Crippen LogP contribution in [0.5, 0.6) is 0 Å². The highest BCUT2D eigenvalue weighted by Gasteiger charge is 2.16. The van der Waals surface area contributed by atoms with Crippen LogP contribution in [0.1, 0.15) is 27.7 Å². The molecule has 0 spiro atoms. The van der Waals surface area contributed by atoms with Crippen molar-refractivity contribution in [2.75, 3.05) is 13.4 Å². The van der Waals surface area contributed by atoms with E-state index in [1.807, 2.05) is 34.0 Å². The van der Waals surface area contributed by atoms with E-state index in [9.17, 15) is 4.79 Å². The first-order valence-corrected chi connectivity index (χ1v) is 6.67. The van der Waals surface area contributed by atoms with Crippen LogP contribution >= 0.6 is 11.8 Å². The number of hydrogen-bond donors (Lipinski definition) is 1. The molecule has 0 aliphatic heterocycles. The predicted molar refractivity (Wildman–Crippen MR) is 74.6 cm³/mol. The molecule has 0 atom stereocenters. The predicted octanol–water partition coefficient (Wildman–Crippen LogP) is 3.42. The second-order valence-corrected chi connectivity index (χ2v) is 5.01. The summed E-state index contributed by atoms with van der Waals surface area (Å²) in [5.74, 6) is -0.251. The molecule has 0 heterocycles. The normalized spacial score (nSPS) is 11.4. The van der Waals surface area contributed by atoms with E-state index in [2.05, 4.69) is 0 Å². The molecule has 96 valence electrons. The largest absolute Gasteiger partial charge is 0.466 e. The SMILES string of the molecule is COC(=O)/C(=C/C(C(=N)SC)=C(C)C)C(C)C. The van der Waals surface area contributed by atoms with E-state index in [1.54, 1.807) is 6.08 Å². The minimum atomic E-state index is -0.326. The van der Waals surface area contributed by atoms with Crippen LogP contribution in [0.15, 0.2) is 22.8 Å². The molecule has 0 aliphatic carbocycles. The lowest BCUT2D eigenvalue weighted by atomic mass is 9.99. The van der Waals surface area contributed by atoms with Crippen LogP contribution in [0.2, 0.25) is 0 Å². The van der Waals surface area contributed by atoms with Crippen molar-refractivity contribution in [3.05, 3.63) is 22.8 Å². The fourth-order valence-corrected chi connectivity index (χ4v) is 1.76. The number of ether oxygens (including phenoxy) is 1. The van der Waals surface area contributed by atoms with Crippen molar-refractivity contribution in [3.63, 3.8) is 0 Å². The first kappa shape index (κ1) is 16.0. The van der Waals surface area contributed by atoms with E-state index in [1.165, 1.54) is 18.9 Å². The van der Waals surface area contributed by atoms with E-state index in [0.29, 0.717) is 10.6 Å². The van der Waals surface area contributed by atoms with E-state index in [4.69, 9.17) is 10.1 Å². The highest BCUT2D eigenvalue weighted by molar-refractivity contribution is 8.13. The van der Waals surface area contributed by atoms with Crippen molar-refractivity contribution >= 4 is 22.8 Å². The summed E-state index contributed by atoms with van der Waals surface area (Å²) in [7, 11) is 1.38. The first-order chi connectivity index (χ1) is 7.84. The Morgan fingerprint density at radius 2 is 1.88 bits per heavy atom. The third-order valence-corrected chi connectivity index (χ3v) is 2.96. The molecule has 0 aromatic rings. The van der Waals surface area contributed by atoms with Crippen molar-refractivity contribution in [1.29, 1.82) is 5.41 Å². The highest BCUT2D eigenvalue weighted by Crippen LogP contribution is 2.20. The van der Waals surface area contributed by atoms with Crippen molar-refractivity contribution in [2.24, 2.45) is 5.92 Å². The molecule has 0 aromatic carbocycles. The Bertz CT molecular complexity index is 364. The van der Waals surface area contributed by atoms with Crippen molar-refractivity contribution in [3.8, 4) is 0 Å². The van der Waals surface area contributed by atoms with Gasteiger partial charge >= 0.3 is 5.97 Å². The van der Waals surface area contributed by atoms with Crippen LogP contribution in [0.3, 0.4) is 0 Å². The fraction of sp³-hybridized carbons (Fsp3) is 0.538. The summed E-state index contributed by atoms with van der Waals surface area (Å²) in [6, 6.07) is 0. The maximum absolute atomic E-state index is 11.6. The van der Waals surface area contributed by atoms with Crippen LogP contribution in [0, 0.1) is 11.3 Å². The van der Waals surface area contributed by atoms with Gasteiger partial charge in [0.25, 0.3) is 0 Å². The summed E-state index contributed by atoms with van der Waals surface area (Å²) in [4.78, 5) is 11.6. The van der Waals surface area contributed by atoms with Gasteiger partial charge < -0.3 is 4.74 Å². The maximum Gasteiger partial charge on any atom is 0.334 e. The number of methoxy groups -OCH3 is 1. The smallest absolute Gasteiger partial charge is 0.334 e. The van der Waals surface area contributed by atoms with Crippen LogP contribution in [0.25, 0.3) is 0 Å². The van der Waals surface area contributed by atoms with Crippen molar-refractivity contribution in [1.82, 2.24) is 0 Å². The molecule has 4 heteroatoms. The van der Waals surface area contributed by atoms with Gasteiger partial charge in [-0.25, -0.2) is 4.79 Å². The summed E-state index contributed by atoms with van der Waals surface area (Å²) in [6.45, 7) is 7.75. The van der Waals surface area contributed by atoms with E-state index in [-0.39, 0.29) is 11.9 Å². The average molecular weight is 255 g/mol. The lowest BCUT2D eigenvalue weighted by Crippen LogP contribution is -2.11. The Kier molecular flexibility index (Phi) is 6.88. The Morgan fingerprint density at radius 3 is 2.18 bits per heavy atom. The molecule has 0 amide bonds. The second kappa shape index (κ2) is 7.33. The lowest BCUT2D eigenvalue weighted by Gasteiger charge is -2.12. The number of esters is 1. The lowest BCUT2D eigenvalue weighted by molar-refractivity contribution is -0.136. The fourth-order valence-electron chi connectivity index (χ4n) is 1.28. The third kappa shape index (κ3) is 4.77. The van der Waals surface area contributed by atoms with Gasteiger partial charge in [0.05, 0.1) is 12.2 Å². The molecule has 1 N–H and O–H groups in total. The van der Waals surface area contributed by atoms with E-state index >= 15 is 0 Å². The van der Waals surface area contributed by atoms with Gasteiger partial charge in [-0.3, -0.25) is 5.41 Å². The molecule has 0 radical (unpaired) electrons. The molecule has 17 heavy (non-hydrogen) atoms. The molecule has 0 bridgehead atoms. The molecular formula is C13H21NO2S. The molecule has 0 unspecified atom stereocenters. The number of thioether (sulfide) groups is 1. The molecule has 0 aliphatic rings. The summed E-state index contributed by atoms with van der Waals surface area (Å²) >= 11 is 1.36. The topological polar surface area (TPSA) is 50.2 Å². The van der Waals surface area contributed by atoms with Crippen LogP contribution in [-0.4, -0.2) is 24.4 Å². The Balaban J connectivity index is 5.49. The van der Waals surface area contributed by atoms with Gasteiger partial charge in [-0.1, -0.05) is 19.4 Å². The zero-order chi connectivity index (χ0) is 13.6. The Hall–Kier alpha value is -1.03. The summed E-state index contributed by atoms with van der Waals surface area (Å²) in [5.41, 5.74) is 2.42. The molecular weight excluding hydrogens is 234 g/mol. The highest BCUT2D eigenvalue weighted by atomic mass is 32.2. The first-order valence-electron chi connectivity index (χ1n) is 5.45. The zero-order valence-corrected chi connectivity index (χ0v) is 12.2. The number of allylic oxidation sites excluding steroid dienone is 2. The number of hydrogen-bond acceptors (Lipinski definition) is 4. The van der Waals surface area contributed by atoms with Crippen LogP contribution < -0.4 is 0 Å². The average Bonchev–Trinajstić information content (AvgIpc) is 2.27. The Labute approximate surface area is 108 Å². The van der Waals surface area contributed by atoms with Crippen molar-refractivity contribution in [2.45, 2.75) is 27.7 Å². The molecule has 0 aromatic heterocycles. The molecule has 0 fully saturated rings. The van der Waals surface area contributed by atoms with Gasteiger partial charge in [-0.2, -0.15) is 0 Å². The van der Waals surface area contributed by atoms with Gasteiger partial charge in [0.1, 0.15) is 0 Å². The quantitative estimate of drug-likeness (QED) is 0.275. The van der Waals surface area contributed by atoms with E-state index < -0.39 is 0 Å². The zero-order valence-electron chi connectivity index (χ0n) is 11.4. The van der Waals surface area contributed by atoms with Gasteiger partial charge in [0, 0.05) is 11.1 Å². The van der Waals surface area contributed by atoms with Gasteiger partial charge in [0.15, 0.2) is 0 Å². The van der Waals surface area contributed by atoms with Crippen LogP contribution in [0.4, 0.5) is 0 Å². The van der Waals surface area contributed by atoms with E-state index in [0.717, 1.165) is 11.1 Å². The van der Waals surface area contributed by atoms with Crippen molar-refractivity contribution < 1.29 is 9.53 Å². The molecule has 0 rings (SSSR count). The second-order valence-electron chi connectivity index (χ2n) is 4.19. The summed E-state index contributed by atoms with van der Waals surface area (Å²) in [6.07, 6.45) is 3.62. The minimum Gasteiger partial charge on any atom is -0.466 e. The van der Waals surface area contributed by atoms with Gasteiger partial charge in [-0.15, -0.1) is 11.8 Å². The standard InChI is InChI=1S/C13H21NO2S/c1-8(2)10(12(14)17-6)7-11(9(3)4)13(15)16-5/h7,9,14H,1-6H3/b11-7+,14-12?. The summed E-state index contributed by atoms with van der Waals surface area (Å²) < 4.78 is 4.76. The minimum absolute atomic E-state index is 0.0754. The number of carbonyl (C=O) groups excluding carboxylic acids is 1. The summed E-state index contributed by atoms with van der Waals surface area (Å²) in [5, 5.41) is 8.33. The third-order valence-electron chi connectivity index (χ3n) is 2.33. The number of rotatable bonds is 4. The van der Waals surface area contributed by atoms with Crippen LogP contribution in [-0.2, 0) is 9.53 Å². The van der Waals surface area contributed by atoms with Gasteiger partial charge in [0.2, 0.25) is 0 Å².